The second kappa shape index (κ2) is 6.16. The maximum absolute atomic E-state index is 11.3. The van der Waals surface area contributed by atoms with Gasteiger partial charge in [-0.15, -0.1) is 0 Å². The van der Waals surface area contributed by atoms with E-state index in [-0.39, 0.29) is 11.9 Å². The molecule has 1 rings (SSSR count). The van der Waals surface area contributed by atoms with E-state index in [4.69, 9.17) is 9.47 Å². The van der Waals surface area contributed by atoms with E-state index in [1.165, 1.54) is 7.11 Å². The Hall–Kier alpha value is -1.51. The Kier molecular flexibility index (Phi) is 4.83. The SMILES string of the molecule is CCC(COc1cccc(C)c1)C(=O)OC. The van der Waals surface area contributed by atoms with Crippen molar-refractivity contribution in [3.63, 3.8) is 0 Å². The van der Waals surface area contributed by atoms with Crippen LogP contribution in [0.4, 0.5) is 0 Å². The molecule has 0 radical (unpaired) electrons. The number of hydrogen-bond acceptors (Lipinski definition) is 3. The zero-order chi connectivity index (χ0) is 12.0. The molecule has 0 aliphatic carbocycles. The van der Waals surface area contributed by atoms with E-state index in [2.05, 4.69) is 0 Å². The minimum atomic E-state index is -0.213. The van der Waals surface area contributed by atoms with E-state index in [0.29, 0.717) is 6.61 Å². The lowest BCUT2D eigenvalue weighted by Crippen LogP contribution is -2.22. The van der Waals surface area contributed by atoms with E-state index < -0.39 is 0 Å². The highest BCUT2D eigenvalue weighted by molar-refractivity contribution is 5.72. The second-order valence-electron chi connectivity index (χ2n) is 3.76. The standard InChI is InChI=1S/C13H18O3/c1-4-11(13(14)15-3)9-16-12-7-5-6-10(2)8-12/h5-8,11H,4,9H2,1-3H3. The Balaban J connectivity index is 2.52. The summed E-state index contributed by atoms with van der Waals surface area (Å²) in [6, 6.07) is 7.77. The van der Waals surface area contributed by atoms with E-state index >= 15 is 0 Å². The van der Waals surface area contributed by atoms with Crippen LogP contribution in [0.1, 0.15) is 18.9 Å². The molecule has 0 aliphatic rings. The van der Waals surface area contributed by atoms with Gasteiger partial charge in [-0.1, -0.05) is 19.1 Å². The first-order chi connectivity index (χ1) is 7.67. The number of ether oxygens (including phenoxy) is 2. The zero-order valence-corrected chi connectivity index (χ0v) is 10.0. The molecular weight excluding hydrogens is 204 g/mol. The summed E-state index contributed by atoms with van der Waals surface area (Å²) >= 11 is 0. The van der Waals surface area contributed by atoms with Gasteiger partial charge in [-0.05, 0) is 31.0 Å². The Morgan fingerprint density at radius 3 is 2.75 bits per heavy atom. The van der Waals surface area contributed by atoms with Crippen molar-refractivity contribution in [1.29, 1.82) is 0 Å². The molecule has 88 valence electrons. The molecule has 0 N–H and O–H groups in total. The predicted molar refractivity (Wildman–Crippen MR) is 62.5 cm³/mol. The molecule has 0 bridgehead atoms. The highest BCUT2D eigenvalue weighted by atomic mass is 16.5. The van der Waals surface area contributed by atoms with Gasteiger partial charge in [0, 0.05) is 0 Å². The van der Waals surface area contributed by atoms with Gasteiger partial charge in [-0.25, -0.2) is 0 Å². The third-order valence-electron chi connectivity index (χ3n) is 2.47. The van der Waals surface area contributed by atoms with Crippen molar-refractivity contribution >= 4 is 5.97 Å². The number of esters is 1. The van der Waals surface area contributed by atoms with Crippen LogP contribution in [-0.4, -0.2) is 19.7 Å². The monoisotopic (exact) mass is 222 g/mol. The molecule has 0 saturated carbocycles. The first-order valence-electron chi connectivity index (χ1n) is 5.44. The molecule has 1 aromatic rings. The van der Waals surface area contributed by atoms with Gasteiger partial charge in [-0.2, -0.15) is 0 Å². The molecule has 3 nitrogen and oxygen atoms in total. The van der Waals surface area contributed by atoms with E-state index in [9.17, 15) is 4.79 Å². The van der Waals surface area contributed by atoms with Crippen LogP contribution in [0, 0.1) is 12.8 Å². The first kappa shape index (κ1) is 12.6. The van der Waals surface area contributed by atoms with Crippen molar-refractivity contribution in [2.75, 3.05) is 13.7 Å². The van der Waals surface area contributed by atoms with Gasteiger partial charge in [0.25, 0.3) is 0 Å². The smallest absolute Gasteiger partial charge is 0.312 e. The van der Waals surface area contributed by atoms with Crippen molar-refractivity contribution in [3.05, 3.63) is 29.8 Å². The molecule has 1 unspecified atom stereocenters. The normalized spacial score (nSPS) is 11.9. The van der Waals surface area contributed by atoms with Gasteiger partial charge in [0.15, 0.2) is 0 Å². The van der Waals surface area contributed by atoms with Crippen LogP contribution >= 0.6 is 0 Å². The predicted octanol–water partition coefficient (Wildman–Crippen LogP) is 2.57. The van der Waals surface area contributed by atoms with Gasteiger partial charge < -0.3 is 9.47 Å². The fourth-order valence-electron chi connectivity index (χ4n) is 1.42. The van der Waals surface area contributed by atoms with Crippen molar-refractivity contribution in [3.8, 4) is 5.75 Å². The molecule has 16 heavy (non-hydrogen) atoms. The van der Waals surface area contributed by atoms with Gasteiger partial charge in [0.1, 0.15) is 12.4 Å². The van der Waals surface area contributed by atoms with Crippen LogP contribution in [-0.2, 0) is 9.53 Å². The molecule has 0 saturated heterocycles. The summed E-state index contributed by atoms with van der Waals surface area (Å²) in [4.78, 5) is 11.3. The number of carbonyl (C=O) groups excluding carboxylic acids is 1. The summed E-state index contributed by atoms with van der Waals surface area (Å²) < 4.78 is 10.3. The lowest BCUT2D eigenvalue weighted by atomic mass is 10.1. The summed E-state index contributed by atoms with van der Waals surface area (Å²) in [6.45, 7) is 4.32. The molecule has 0 aromatic heterocycles. The van der Waals surface area contributed by atoms with Crippen molar-refractivity contribution in [1.82, 2.24) is 0 Å². The fraction of sp³-hybridized carbons (Fsp3) is 0.462. The Morgan fingerprint density at radius 1 is 1.44 bits per heavy atom. The maximum Gasteiger partial charge on any atom is 0.312 e. The van der Waals surface area contributed by atoms with Crippen LogP contribution in [0.15, 0.2) is 24.3 Å². The summed E-state index contributed by atoms with van der Waals surface area (Å²) in [5, 5.41) is 0. The van der Waals surface area contributed by atoms with Crippen molar-refractivity contribution in [2.24, 2.45) is 5.92 Å². The van der Waals surface area contributed by atoms with Gasteiger partial charge >= 0.3 is 5.97 Å². The Labute approximate surface area is 96.4 Å². The quantitative estimate of drug-likeness (QED) is 0.718. The largest absolute Gasteiger partial charge is 0.493 e. The molecular formula is C13H18O3. The van der Waals surface area contributed by atoms with Crippen LogP contribution in [0.5, 0.6) is 5.75 Å². The van der Waals surface area contributed by atoms with E-state index in [1.54, 1.807) is 0 Å². The average molecular weight is 222 g/mol. The molecule has 0 amide bonds. The minimum Gasteiger partial charge on any atom is -0.493 e. The molecule has 0 spiro atoms. The third-order valence-corrected chi connectivity index (χ3v) is 2.47. The second-order valence-corrected chi connectivity index (χ2v) is 3.76. The van der Waals surface area contributed by atoms with Crippen LogP contribution in [0.2, 0.25) is 0 Å². The fourth-order valence-corrected chi connectivity index (χ4v) is 1.42. The van der Waals surface area contributed by atoms with E-state index in [1.807, 2.05) is 38.1 Å². The van der Waals surface area contributed by atoms with Crippen LogP contribution in [0.25, 0.3) is 0 Å². The topological polar surface area (TPSA) is 35.5 Å². The number of rotatable bonds is 5. The Morgan fingerprint density at radius 2 is 2.19 bits per heavy atom. The third kappa shape index (κ3) is 3.57. The maximum atomic E-state index is 11.3. The number of benzene rings is 1. The summed E-state index contributed by atoms with van der Waals surface area (Å²) in [6.07, 6.45) is 0.721. The molecule has 0 fully saturated rings. The number of hydrogen-bond donors (Lipinski definition) is 0. The lowest BCUT2D eigenvalue weighted by Gasteiger charge is -2.13. The molecule has 0 aliphatic heterocycles. The highest BCUT2D eigenvalue weighted by Crippen LogP contribution is 2.14. The zero-order valence-electron chi connectivity index (χ0n) is 10.0. The minimum absolute atomic E-state index is 0.189. The van der Waals surface area contributed by atoms with E-state index in [0.717, 1.165) is 17.7 Å². The lowest BCUT2D eigenvalue weighted by molar-refractivity contribution is -0.146. The summed E-state index contributed by atoms with van der Waals surface area (Å²) in [7, 11) is 1.40. The molecule has 0 heterocycles. The summed E-state index contributed by atoms with van der Waals surface area (Å²) in [5.74, 6) is 0.392. The van der Waals surface area contributed by atoms with Gasteiger partial charge in [-0.3, -0.25) is 4.79 Å². The summed E-state index contributed by atoms with van der Waals surface area (Å²) in [5.41, 5.74) is 1.14. The molecule has 3 heteroatoms. The van der Waals surface area contributed by atoms with Crippen LogP contribution < -0.4 is 4.74 Å². The van der Waals surface area contributed by atoms with Gasteiger partial charge in [0.05, 0.1) is 13.0 Å². The molecule has 1 atom stereocenters. The van der Waals surface area contributed by atoms with Gasteiger partial charge in [0.2, 0.25) is 0 Å². The van der Waals surface area contributed by atoms with Crippen molar-refractivity contribution < 1.29 is 14.3 Å². The highest BCUT2D eigenvalue weighted by Gasteiger charge is 2.17. The number of methoxy groups -OCH3 is 1. The first-order valence-corrected chi connectivity index (χ1v) is 5.44. The Bertz CT molecular complexity index is 347. The average Bonchev–Trinajstić information content (AvgIpc) is 2.29. The van der Waals surface area contributed by atoms with Crippen LogP contribution in [0.3, 0.4) is 0 Å². The molecule has 1 aromatic carbocycles. The van der Waals surface area contributed by atoms with Crippen molar-refractivity contribution in [2.45, 2.75) is 20.3 Å². The number of carbonyl (C=O) groups is 1. The number of aryl methyl sites for hydroxylation is 1.